The first-order valence-corrected chi connectivity index (χ1v) is 10.3. The van der Waals surface area contributed by atoms with Gasteiger partial charge in [0.2, 0.25) is 11.8 Å². The second kappa shape index (κ2) is 8.99. The minimum atomic E-state index is 0.0487. The number of para-hydroxylation sites is 1. The molecule has 29 heavy (non-hydrogen) atoms. The Labute approximate surface area is 171 Å². The summed E-state index contributed by atoms with van der Waals surface area (Å²) in [5.74, 6) is 1.06. The highest BCUT2D eigenvalue weighted by molar-refractivity contribution is 5.94. The van der Waals surface area contributed by atoms with Gasteiger partial charge in [-0.25, -0.2) is 0 Å². The zero-order valence-electron chi connectivity index (χ0n) is 16.6. The van der Waals surface area contributed by atoms with Crippen LogP contribution in [-0.4, -0.2) is 49.5 Å². The Balaban J connectivity index is 1.20. The third-order valence-corrected chi connectivity index (χ3v) is 5.56. The van der Waals surface area contributed by atoms with Crippen molar-refractivity contribution in [2.75, 3.05) is 43.0 Å². The lowest BCUT2D eigenvalue weighted by atomic mass is 10.0. The van der Waals surface area contributed by atoms with Crippen LogP contribution in [0.25, 0.3) is 0 Å². The Kier molecular flexibility index (Phi) is 5.98. The van der Waals surface area contributed by atoms with Crippen molar-refractivity contribution in [3.05, 3.63) is 54.1 Å². The van der Waals surface area contributed by atoms with Gasteiger partial charge in [0.15, 0.2) is 0 Å². The van der Waals surface area contributed by atoms with E-state index in [0.29, 0.717) is 32.3 Å². The first-order valence-electron chi connectivity index (χ1n) is 10.3. The van der Waals surface area contributed by atoms with Crippen molar-refractivity contribution >= 4 is 23.2 Å². The number of nitrogens with one attached hydrogen (secondary N) is 1. The van der Waals surface area contributed by atoms with Gasteiger partial charge in [-0.05, 0) is 37.1 Å². The van der Waals surface area contributed by atoms with E-state index in [9.17, 15) is 9.59 Å². The number of carbonyl (C=O) groups excluding carboxylic acids is 2. The summed E-state index contributed by atoms with van der Waals surface area (Å²) in [6, 6.07) is 16.1. The van der Waals surface area contributed by atoms with Crippen molar-refractivity contribution in [2.24, 2.45) is 0 Å². The molecule has 2 amide bonds. The molecule has 1 fully saturated rings. The smallest absolute Gasteiger partial charge is 0.224 e. The first kappa shape index (κ1) is 19.3. The fraction of sp³-hybridized carbons (Fsp3) is 0.391. The summed E-state index contributed by atoms with van der Waals surface area (Å²) in [5.41, 5.74) is 3.11. The fourth-order valence-electron chi connectivity index (χ4n) is 3.94. The molecule has 1 saturated heterocycles. The predicted molar refractivity (Wildman–Crippen MR) is 113 cm³/mol. The second-order valence-electron chi connectivity index (χ2n) is 7.49. The molecule has 1 N–H and O–H groups in total. The van der Waals surface area contributed by atoms with Crippen molar-refractivity contribution in [3.8, 4) is 5.75 Å². The van der Waals surface area contributed by atoms with Crippen molar-refractivity contribution in [3.63, 3.8) is 0 Å². The Bertz CT molecular complexity index is 861. The minimum Gasteiger partial charge on any atom is -0.493 e. The van der Waals surface area contributed by atoms with Crippen LogP contribution in [0.1, 0.15) is 24.8 Å². The van der Waals surface area contributed by atoms with Crippen molar-refractivity contribution < 1.29 is 14.3 Å². The van der Waals surface area contributed by atoms with E-state index in [4.69, 9.17) is 4.74 Å². The lowest BCUT2D eigenvalue weighted by Gasteiger charge is -2.36. The average molecular weight is 393 g/mol. The van der Waals surface area contributed by atoms with Gasteiger partial charge in [0.25, 0.3) is 0 Å². The van der Waals surface area contributed by atoms with Gasteiger partial charge >= 0.3 is 0 Å². The van der Waals surface area contributed by atoms with Crippen LogP contribution in [0.15, 0.2) is 48.5 Å². The maximum atomic E-state index is 12.5. The van der Waals surface area contributed by atoms with E-state index >= 15 is 0 Å². The van der Waals surface area contributed by atoms with Crippen LogP contribution in [0.4, 0.5) is 11.4 Å². The largest absolute Gasteiger partial charge is 0.493 e. The molecule has 2 heterocycles. The highest BCUT2D eigenvalue weighted by Gasteiger charge is 2.21. The minimum absolute atomic E-state index is 0.0487. The Morgan fingerprint density at radius 3 is 2.55 bits per heavy atom. The number of carbonyl (C=O) groups is 2. The molecular weight excluding hydrogens is 366 g/mol. The number of rotatable bonds is 6. The summed E-state index contributed by atoms with van der Waals surface area (Å²) in [6.07, 6.45) is 2.37. The molecule has 152 valence electrons. The lowest BCUT2D eigenvalue weighted by molar-refractivity contribution is -0.131. The molecule has 6 nitrogen and oxygen atoms in total. The van der Waals surface area contributed by atoms with Gasteiger partial charge in [-0.2, -0.15) is 0 Å². The zero-order valence-corrected chi connectivity index (χ0v) is 16.6. The van der Waals surface area contributed by atoms with Crippen LogP contribution >= 0.6 is 0 Å². The predicted octanol–water partition coefficient (Wildman–Crippen LogP) is 3.08. The van der Waals surface area contributed by atoms with Crippen LogP contribution < -0.4 is 15.0 Å². The van der Waals surface area contributed by atoms with Crippen molar-refractivity contribution in [1.29, 1.82) is 0 Å². The molecule has 0 unspecified atom stereocenters. The number of hydrogen-bond donors (Lipinski definition) is 1. The maximum Gasteiger partial charge on any atom is 0.224 e. The van der Waals surface area contributed by atoms with Crippen LogP contribution in [0.5, 0.6) is 5.75 Å². The zero-order chi connectivity index (χ0) is 20.1. The molecule has 0 aromatic heterocycles. The number of anilines is 2. The molecule has 4 rings (SSSR count). The first-order chi connectivity index (χ1) is 14.2. The van der Waals surface area contributed by atoms with E-state index in [-0.39, 0.29) is 11.8 Å². The summed E-state index contributed by atoms with van der Waals surface area (Å²) in [5, 5.41) is 2.88. The van der Waals surface area contributed by atoms with E-state index in [2.05, 4.69) is 22.3 Å². The monoisotopic (exact) mass is 393 g/mol. The quantitative estimate of drug-likeness (QED) is 0.766. The van der Waals surface area contributed by atoms with Crippen LogP contribution in [0, 0.1) is 0 Å². The number of ether oxygens (including phenoxy) is 1. The molecule has 0 radical (unpaired) electrons. The summed E-state index contributed by atoms with van der Waals surface area (Å²) < 4.78 is 5.92. The highest BCUT2D eigenvalue weighted by atomic mass is 16.5. The number of piperazine rings is 1. The van der Waals surface area contributed by atoms with E-state index in [1.807, 2.05) is 41.3 Å². The number of hydrogen-bond acceptors (Lipinski definition) is 4. The molecule has 0 spiro atoms. The summed E-state index contributed by atoms with van der Waals surface area (Å²) in [6.45, 7) is 3.77. The number of nitrogens with zero attached hydrogens (tertiary/aromatic N) is 2. The fourth-order valence-corrected chi connectivity index (χ4v) is 3.94. The summed E-state index contributed by atoms with van der Waals surface area (Å²) in [4.78, 5) is 28.3. The third kappa shape index (κ3) is 4.70. The van der Waals surface area contributed by atoms with Crippen LogP contribution in [0.2, 0.25) is 0 Å². The van der Waals surface area contributed by atoms with Gasteiger partial charge < -0.3 is 19.9 Å². The Hall–Kier alpha value is -3.02. The van der Waals surface area contributed by atoms with Gasteiger partial charge in [-0.1, -0.05) is 24.3 Å². The molecule has 2 aliphatic rings. The molecule has 0 aliphatic carbocycles. The molecule has 6 heteroatoms. The van der Waals surface area contributed by atoms with Gasteiger partial charge in [0.1, 0.15) is 5.75 Å². The standard InChI is InChI=1S/C23H27N3O3/c27-22-12-11-19-20(24-22)8-4-9-21(19)29-17-5-10-23(28)26-15-13-25(14-16-26)18-6-2-1-3-7-18/h1-4,6-9H,5,10-17H2,(H,24,27). The molecule has 2 aromatic rings. The lowest BCUT2D eigenvalue weighted by Crippen LogP contribution is -2.48. The van der Waals surface area contributed by atoms with Crippen LogP contribution in [-0.2, 0) is 16.0 Å². The number of amides is 2. The average Bonchev–Trinajstić information content (AvgIpc) is 2.77. The van der Waals surface area contributed by atoms with E-state index < -0.39 is 0 Å². The number of benzene rings is 2. The normalized spacial score (nSPS) is 16.2. The molecule has 0 atom stereocenters. The molecule has 0 bridgehead atoms. The van der Waals surface area contributed by atoms with Crippen LogP contribution in [0.3, 0.4) is 0 Å². The maximum absolute atomic E-state index is 12.5. The topological polar surface area (TPSA) is 61.9 Å². The molecular formula is C23H27N3O3. The second-order valence-corrected chi connectivity index (χ2v) is 7.49. The van der Waals surface area contributed by atoms with Gasteiger partial charge in [-0.3, -0.25) is 9.59 Å². The Morgan fingerprint density at radius 1 is 0.966 bits per heavy atom. The Morgan fingerprint density at radius 2 is 1.76 bits per heavy atom. The molecule has 0 saturated carbocycles. The van der Waals surface area contributed by atoms with E-state index in [1.165, 1.54) is 5.69 Å². The summed E-state index contributed by atoms with van der Waals surface area (Å²) >= 11 is 0. The SMILES string of the molecule is O=C1CCc2c(cccc2OCCCC(=O)N2CCN(c3ccccc3)CC2)N1. The van der Waals surface area contributed by atoms with Crippen molar-refractivity contribution in [1.82, 2.24) is 4.90 Å². The van der Waals surface area contributed by atoms with E-state index in [1.54, 1.807) is 0 Å². The molecule has 2 aromatic carbocycles. The van der Waals surface area contributed by atoms with Crippen molar-refractivity contribution in [2.45, 2.75) is 25.7 Å². The van der Waals surface area contributed by atoms with Gasteiger partial charge in [0.05, 0.1) is 6.61 Å². The summed E-state index contributed by atoms with van der Waals surface area (Å²) in [7, 11) is 0. The van der Waals surface area contributed by atoms with Gasteiger partial charge in [-0.15, -0.1) is 0 Å². The number of fused-ring (bicyclic) bond motifs is 1. The highest BCUT2D eigenvalue weighted by Crippen LogP contribution is 2.31. The van der Waals surface area contributed by atoms with E-state index in [0.717, 1.165) is 43.2 Å². The third-order valence-electron chi connectivity index (χ3n) is 5.56. The molecule has 2 aliphatic heterocycles. The van der Waals surface area contributed by atoms with Gasteiger partial charge in [0, 0.05) is 56.0 Å².